The molecule has 4 nitrogen and oxygen atoms in total. The van der Waals surface area contributed by atoms with Crippen molar-refractivity contribution in [1.29, 1.82) is 0 Å². The van der Waals surface area contributed by atoms with Crippen LogP contribution in [0.4, 0.5) is 0 Å². The van der Waals surface area contributed by atoms with Gasteiger partial charge in [-0.25, -0.2) is 0 Å². The molecule has 0 fully saturated rings. The molecule has 25 heavy (non-hydrogen) atoms. The topological polar surface area (TPSA) is 62.0 Å². The number of carbonyl (C=O) groups excluding carboxylic acids is 1. The molecule has 0 aliphatic heterocycles. The predicted octanol–water partition coefficient (Wildman–Crippen LogP) is 3.47. The average molecular weight is 355 g/mol. The van der Waals surface area contributed by atoms with E-state index in [0.29, 0.717) is 17.0 Å². The summed E-state index contributed by atoms with van der Waals surface area (Å²) in [6.07, 6.45) is 0.737. The Morgan fingerprint density at radius 2 is 1.96 bits per heavy atom. The number of aromatic nitrogens is 1. The number of benzene rings is 2. The van der Waals surface area contributed by atoms with E-state index in [0.717, 1.165) is 16.5 Å². The molecule has 0 saturated carbocycles. The van der Waals surface area contributed by atoms with E-state index in [2.05, 4.69) is 10.3 Å². The van der Waals surface area contributed by atoms with E-state index in [9.17, 15) is 9.59 Å². The number of H-pyrrole nitrogens is 1. The van der Waals surface area contributed by atoms with Crippen LogP contribution in [0.25, 0.3) is 10.9 Å². The zero-order valence-electron chi connectivity index (χ0n) is 13.9. The minimum atomic E-state index is -0.226. The quantitative estimate of drug-likeness (QED) is 0.737. The van der Waals surface area contributed by atoms with E-state index in [1.54, 1.807) is 6.07 Å². The van der Waals surface area contributed by atoms with Crippen molar-refractivity contribution in [3.63, 3.8) is 0 Å². The summed E-state index contributed by atoms with van der Waals surface area (Å²) in [6, 6.07) is 16.8. The van der Waals surface area contributed by atoms with Crippen molar-refractivity contribution in [3.8, 4) is 0 Å². The molecule has 0 bridgehead atoms. The van der Waals surface area contributed by atoms with E-state index in [4.69, 9.17) is 11.6 Å². The summed E-state index contributed by atoms with van der Waals surface area (Å²) in [7, 11) is 0. The molecule has 0 spiro atoms. The van der Waals surface area contributed by atoms with Crippen LogP contribution in [-0.4, -0.2) is 16.9 Å². The van der Waals surface area contributed by atoms with Crippen LogP contribution in [0.15, 0.2) is 59.4 Å². The van der Waals surface area contributed by atoms with Crippen LogP contribution in [0, 0.1) is 0 Å². The molecule has 5 heteroatoms. The molecule has 0 aliphatic carbocycles. The van der Waals surface area contributed by atoms with Crippen LogP contribution in [0.3, 0.4) is 0 Å². The second kappa shape index (κ2) is 7.53. The maximum Gasteiger partial charge on any atom is 0.252 e. The molecule has 1 amide bonds. The number of fused-ring (bicyclic) bond motifs is 1. The molecule has 3 aromatic rings. The largest absolute Gasteiger partial charge is 0.353 e. The summed E-state index contributed by atoms with van der Waals surface area (Å²) >= 11 is 5.98. The fourth-order valence-corrected chi connectivity index (χ4v) is 3.10. The van der Waals surface area contributed by atoms with Crippen LogP contribution in [0.2, 0.25) is 5.02 Å². The van der Waals surface area contributed by atoms with E-state index in [1.807, 2.05) is 55.5 Å². The number of para-hydroxylation sites is 1. The predicted molar refractivity (Wildman–Crippen MR) is 101 cm³/mol. The second-order valence-electron chi connectivity index (χ2n) is 6.19. The summed E-state index contributed by atoms with van der Waals surface area (Å²) in [4.78, 5) is 27.2. The zero-order chi connectivity index (χ0) is 17.8. The lowest BCUT2D eigenvalue weighted by Gasteiger charge is -2.14. The highest BCUT2D eigenvalue weighted by atomic mass is 35.5. The highest BCUT2D eigenvalue weighted by Crippen LogP contribution is 2.13. The van der Waals surface area contributed by atoms with Crippen LogP contribution >= 0.6 is 11.6 Å². The molecule has 1 aromatic heterocycles. The molecular weight excluding hydrogens is 336 g/mol. The van der Waals surface area contributed by atoms with Gasteiger partial charge in [-0.3, -0.25) is 9.59 Å². The van der Waals surface area contributed by atoms with Crippen molar-refractivity contribution in [2.45, 2.75) is 25.8 Å². The van der Waals surface area contributed by atoms with Gasteiger partial charge in [-0.2, -0.15) is 0 Å². The second-order valence-corrected chi connectivity index (χ2v) is 6.63. The van der Waals surface area contributed by atoms with Gasteiger partial charge in [0.25, 0.3) is 5.56 Å². The highest BCUT2D eigenvalue weighted by Gasteiger charge is 2.12. The third-order valence-corrected chi connectivity index (χ3v) is 4.25. The van der Waals surface area contributed by atoms with E-state index < -0.39 is 0 Å². The summed E-state index contributed by atoms with van der Waals surface area (Å²) in [5.74, 6) is -0.171. The number of aromatic amines is 1. The third kappa shape index (κ3) is 4.48. The Morgan fingerprint density at radius 1 is 1.16 bits per heavy atom. The van der Waals surface area contributed by atoms with Crippen LogP contribution in [0.1, 0.15) is 18.1 Å². The summed E-state index contributed by atoms with van der Waals surface area (Å²) in [5.41, 5.74) is 2.07. The van der Waals surface area contributed by atoms with E-state index in [1.165, 1.54) is 0 Å². The maximum atomic E-state index is 12.3. The molecule has 2 aromatic carbocycles. The summed E-state index contributed by atoms with van der Waals surface area (Å²) < 4.78 is 0. The first-order valence-corrected chi connectivity index (χ1v) is 8.54. The maximum absolute atomic E-state index is 12.3. The number of rotatable bonds is 5. The van der Waals surface area contributed by atoms with Gasteiger partial charge in [-0.15, -0.1) is 0 Å². The number of halogens is 1. The Bertz CT molecular complexity index is 965. The Kier molecular flexibility index (Phi) is 5.19. The molecule has 2 N–H and O–H groups in total. The number of pyridine rings is 1. The number of hydrogen-bond donors (Lipinski definition) is 2. The first kappa shape index (κ1) is 17.2. The number of carbonyl (C=O) groups is 1. The van der Waals surface area contributed by atoms with Gasteiger partial charge < -0.3 is 10.3 Å². The lowest BCUT2D eigenvalue weighted by atomic mass is 10.1. The molecule has 128 valence electrons. The standard InChI is InChI=1S/C20H19ClN2O2/c1-13(9-14-5-4-7-17(21)10-14)22-19(24)12-16-11-15-6-2-3-8-18(15)23-20(16)25/h2-8,10-11,13H,9,12H2,1H3,(H,22,24)(H,23,25)/t13-/m0/s1. The smallest absolute Gasteiger partial charge is 0.252 e. The lowest BCUT2D eigenvalue weighted by molar-refractivity contribution is -0.121. The van der Waals surface area contributed by atoms with Gasteiger partial charge in [0.05, 0.1) is 6.42 Å². The van der Waals surface area contributed by atoms with E-state index >= 15 is 0 Å². The van der Waals surface area contributed by atoms with Crippen molar-refractivity contribution < 1.29 is 4.79 Å². The fourth-order valence-electron chi connectivity index (χ4n) is 2.89. The lowest BCUT2D eigenvalue weighted by Crippen LogP contribution is -2.36. The van der Waals surface area contributed by atoms with Gasteiger partial charge in [0.2, 0.25) is 5.91 Å². The van der Waals surface area contributed by atoms with Gasteiger partial charge in [-0.05, 0) is 48.6 Å². The Labute approximate surface area is 150 Å². The van der Waals surface area contributed by atoms with Gasteiger partial charge in [0.15, 0.2) is 0 Å². The third-order valence-electron chi connectivity index (χ3n) is 4.02. The summed E-state index contributed by atoms with van der Waals surface area (Å²) in [5, 5.41) is 4.53. The normalized spacial score (nSPS) is 12.1. The first-order chi connectivity index (χ1) is 12.0. The van der Waals surface area contributed by atoms with Crippen molar-refractivity contribution in [1.82, 2.24) is 10.3 Å². The van der Waals surface area contributed by atoms with Crippen molar-refractivity contribution in [2.24, 2.45) is 0 Å². The molecule has 0 radical (unpaired) electrons. The van der Waals surface area contributed by atoms with Gasteiger partial charge >= 0.3 is 0 Å². The van der Waals surface area contributed by atoms with E-state index in [-0.39, 0.29) is 23.9 Å². The van der Waals surface area contributed by atoms with Crippen LogP contribution in [0.5, 0.6) is 0 Å². The number of amides is 1. The Morgan fingerprint density at radius 3 is 2.76 bits per heavy atom. The molecule has 3 rings (SSSR count). The molecule has 0 saturated heterocycles. The number of hydrogen-bond acceptors (Lipinski definition) is 2. The molecule has 0 unspecified atom stereocenters. The molecular formula is C20H19ClN2O2. The molecule has 1 heterocycles. The minimum Gasteiger partial charge on any atom is -0.353 e. The van der Waals surface area contributed by atoms with Gasteiger partial charge in [0, 0.05) is 22.1 Å². The first-order valence-electron chi connectivity index (χ1n) is 8.16. The van der Waals surface area contributed by atoms with Gasteiger partial charge in [-0.1, -0.05) is 41.9 Å². The monoisotopic (exact) mass is 354 g/mol. The Balaban J connectivity index is 1.66. The van der Waals surface area contributed by atoms with Crippen molar-refractivity contribution in [3.05, 3.63) is 81.1 Å². The highest BCUT2D eigenvalue weighted by molar-refractivity contribution is 6.30. The van der Waals surface area contributed by atoms with Crippen molar-refractivity contribution >= 4 is 28.4 Å². The zero-order valence-corrected chi connectivity index (χ0v) is 14.6. The Hall–Kier alpha value is -2.59. The SMILES string of the molecule is C[C@@H](Cc1cccc(Cl)c1)NC(=O)Cc1cc2ccccc2[nH]c1=O. The average Bonchev–Trinajstić information content (AvgIpc) is 2.55. The minimum absolute atomic E-state index is 0.0505. The summed E-state index contributed by atoms with van der Waals surface area (Å²) in [6.45, 7) is 1.93. The van der Waals surface area contributed by atoms with Crippen molar-refractivity contribution in [2.75, 3.05) is 0 Å². The van der Waals surface area contributed by atoms with Crippen LogP contribution in [-0.2, 0) is 17.6 Å². The molecule has 0 aliphatic rings. The number of nitrogens with one attached hydrogen (secondary N) is 2. The van der Waals surface area contributed by atoms with Crippen LogP contribution < -0.4 is 10.9 Å². The fraction of sp³-hybridized carbons (Fsp3) is 0.200. The van der Waals surface area contributed by atoms with Gasteiger partial charge in [0.1, 0.15) is 0 Å². The molecule has 1 atom stereocenters.